The first kappa shape index (κ1) is 46.1. The molecule has 56 heavy (non-hydrogen) atoms. The first-order valence-electron chi connectivity index (χ1n) is 18.4. The fraction of sp³-hybridized carbons (Fsp3) is 1.00. The normalized spacial score (nSPS) is 54.5. The van der Waals surface area contributed by atoms with Gasteiger partial charge >= 0.3 is 0 Å². The monoisotopic (exact) mass is 823 g/mol. The van der Waals surface area contributed by atoms with Crippen LogP contribution < -0.4 is 5.32 Å². The topological polar surface area (TPSA) is 400 Å². The second kappa shape index (κ2) is 19.2. The Kier molecular flexibility index (Phi) is 15.8. The molecule has 328 valence electrons. The van der Waals surface area contributed by atoms with Crippen molar-refractivity contribution in [1.29, 1.82) is 0 Å². The maximum absolute atomic E-state index is 11.1. The van der Waals surface area contributed by atoms with E-state index in [1.54, 1.807) is 0 Å². The molecule has 5 aliphatic rings. The number of rotatable bonds is 12. The lowest BCUT2D eigenvalue weighted by Gasteiger charge is -2.50. The quantitative estimate of drug-likeness (QED) is 0.0869. The van der Waals surface area contributed by atoms with Crippen LogP contribution in [0.15, 0.2) is 0 Å². The summed E-state index contributed by atoms with van der Waals surface area (Å²) in [6.45, 7) is -0.383. The van der Waals surface area contributed by atoms with Crippen molar-refractivity contribution in [2.45, 2.75) is 167 Å². The van der Waals surface area contributed by atoms with Crippen molar-refractivity contribution in [2.75, 3.05) is 26.4 Å². The Morgan fingerprint density at radius 3 is 1.21 bits per heavy atom. The fourth-order valence-electron chi connectivity index (χ4n) is 7.92. The van der Waals surface area contributed by atoms with E-state index in [-0.39, 0.29) is 0 Å². The average molecular weight is 824 g/mol. The molecule has 4 aliphatic heterocycles. The number of aliphatic hydroxyl groups is 16. The minimum atomic E-state index is -2.04. The lowest BCUT2D eigenvalue weighted by Crippen LogP contribution is -2.72. The van der Waals surface area contributed by atoms with Gasteiger partial charge < -0.3 is 120 Å². The van der Waals surface area contributed by atoms with E-state index in [0.717, 1.165) is 0 Å². The van der Waals surface area contributed by atoms with E-state index in [2.05, 4.69) is 5.32 Å². The summed E-state index contributed by atoms with van der Waals surface area (Å²) in [5.41, 5.74) is 0. The van der Waals surface area contributed by atoms with Gasteiger partial charge in [-0.1, -0.05) is 0 Å². The lowest BCUT2D eigenvalue weighted by molar-refractivity contribution is -0.383. The summed E-state index contributed by atoms with van der Waals surface area (Å²) in [6, 6.07) is -2.68. The average Bonchev–Trinajstić information content (AvgIpc) is 3.18. The summed E-state index contributed by atoms with van der Waals surface area (Å²) in [5, 5.41) is 171. The van der Waals surface area contributed by atoms with Gasteiger partial charge in [-0.15, -0.1) is 0 Å². The standard InChI is InChI=1S/C32H57NO23/c1-7-13(33-14-16(39)9(3-34)17(40)20(43)19(14)42)18(41)24(47)30(51-7)54-28-11(5-36)52-32(25(48)22(28)45)56-29-12(6-37)53-31(26(49)23(29)46)55-27-10(4-35)50-8(2)15(38)21(27)44/h7-49H,3-6H2,1-2H3/t7?,8?,9-,10+,11+,12?,13+,14-,15?,16+,17?,18?,19?,20-,21+,22+,23?,24+,25?,26+,27+,28?,29?,30?,31+,32?/m0/s1. The maximum atomic E-state index is 11.1. The number of aliphatic hydroxyl groups excluding tert-OH is 16. The molecule has 0 aromatic carbocycles. The van der Waals surface area contributed by atoms with Crippen LogP contribution in [0.4, 0.5) is 0 Å². The highest BCUT2D eigenvalue weighted by atomic mass is 16.8. The van der Waals surface area contributed by atoms with Crippen molar-refractivity contribution in [2.24, 2.45) is 5.92 Å². The van der Waals surface area contributed by atoms with Crippen molar-refractivity contribution in [1.82, 2.24) is 5.32 Å². The van der Waals surface area contributed by atoms with Crippen LogP contribution in [0.2, 0.25) is 0 Å². The number of ether oxygens (including phenoxy) is 7. The van der Waals surface area contributed by atoms with Crippen molar-refractivity contribution in [3.63, 3.8) is 0 Å². The summed E-state index contributed by atoms with van der Waals surface area (Å²) >= 11 is 0. The first-order valence-corrected chi connectivity index (χ1v) is 18.4. The van der Waals surface area contributed by atoms with Gasteiger partial charge in [-0.05, 0) is 13.8 Å². The van der Waals surface area contributed by atoms with Gasteiger partial charge in [0, 0.05) is 5.92 Å². The summed E-state index contributed by atoms with van der Waals surface area (Å²) in [4.78, 5) is 0. The zero-order valence-corrected chi connectivity index (χ0v) is 30.4. The van der Waals surface area contributed by atoms with E-state index in [0.29, 0.717) is 0 Å². The zero-order valence-electron chi connectivity index (χ0n) is 30.4. The predicted molar refractivity (Wildman–Crippen MR) is 175 cm³/mol. The molecule has 4 saturated heterocycles. The first-order chi connectivity index (χ1) is 26.4. The minimum absolute atomic E-state index is 0.667. The van der Waals surface area contributed by atoms with Gasteiger partial charge in [0.15, 0.2) is 18.9 Å². The van der Waals surface area contributed by atoms with Gasteiger partial charge in [-0.2, -0.15) is 0 Å². The van der Waals surface area contributed by atoms with Gasteiger partial charge in [-0.25, -0.2) is 0 Å². The highest BCUT2D eigenvalue weighted by Gasteiger charge is 2.56. The molecule has 1 aliphatic carbocycles. The van der Waals surface area contributed by atoms with Crippen LogP contribution in [-0.2, 0) is 33.2 Å². The molecule has 0 aromatic heterocycles. The molecule has 1 saturated carbocycles. The van der Waals surface area contributed by atoms with Crippen molar-refractivity contribution in [3.05, 3.63) is 0 Å². The molecule has 24 heteroatoms. The zero-order chi connectivity index (χ0) is 41.5. The number of hydrogen-bond acceptors (Lipinski definition) is 24. The largest absolute Gasteiger partial charge is 0.396 e. The molecule has 0 bridgehead atoms. The molecule has 24 nitrogen and oxygen atoms in total. The predicted octanol–water partition coefficient (Wildman–Crippen LogP) is -10.6. The molecule has 4 heterocycles. The molecule has 26 atom stereocenters. The van der Waals surface area contributed by atoms with Crippen molar-refractivity contribution >= 4 is 0 Å². The molecule has 13 unspecified atom stereocenters. The molecule has 0 radical (unpaired) electrons. The summed E-state index contributed by atoms with van der Waals surface area (Å²) in [7, 11) is 0. The molecule has 5 fully saturated rings. The van der Waals surface area contributed by atoms with Crippen LogP contribution >= 0.6 is 0 Å². The molecule has 17 N–H and O–H groups in total. The molecular formula is C32H57NO23. The third kappa shape index (κ3) is 8.90. The third-order valence-corrected chi connectivity index (χ3v) is 11.4. The van der Waals surface area contributed by atoms with Crippen molar-refractivity contribution < 1.29 is 115 Å². The molecule has 0 spiro atoms. The fourth-order valence-corrected chi connectivity index (χ4v) is 7.92. The SMILES string of the molecule is CC1O[C@H](CO)[C@@H](O[C@H]2OC(CO)C(OC3O[C@H](CO)C(OC4OC(C)[C@@H](N[C@@H]5C(O)[C@@H](O)C(O)[C@@H](CO)[C@H]5O)C(O)[C@H]4O)[C@H](O)C3O)C(O)[C@H]2O)[C@H](O)C1O. The molecule has 5 rings (SSSR count). The van der Waals surface area contributed by atoms with Gasteiger partial charge in [0.05, 0.1) is 62.9 Å². The van der Waals surface area contributed by atoms with Crippen LogP contribution in [0.5, 0.6) is 0 Å². The van der Waals surface area contributed by atoms with Gasteiger partial charge in [0.1, 0.15) is 97.7 Å². The third-order valence-electron chi connectivity index (χ3n) is 11.4. The summed E-state index contributed by atoms with van der Waals surface area (Å²) in [5.74, 6) is -1.28. The van der Waals surface area contributed by atoms with Crippen molar-refractivity contribution in [3.8, 4) is 0 Å². The van der Waals surface area contributed by atoms with E-state index < -0.39 is 185 Å². The highest BCUT2D eigenvalue weighted by Crippen LogP contribution is 2.35. The van der Waals surface area contributed by atoms with E-state index in [4.69, 9.17) is 33.2 Å². The Labute approximate surface area is 319 Å². The lowest BCUT2D eigenvalue weighted by atomic mass is 9.76. The van der Waals surface area contributed by atoms with Crippen LogP contribution in [0.25, 0.3) is 0 Å². The van der Waals surface area contributed by atoms with E-state index in [9.17, 15) is 81.7 Å². The summed E-state index contributed by atoms with van der Waals surface area (Å²) in [6.07, 6.45) is -38.2. The Bertz CT molecular complexity index is 1220. The number of hydrogen-bond donors (Lipinski definition) is 17. The molecule has 0 aromatic rings. The van der Waals surface area contributed by atoms with Gasteiger partial charge in [0.25, 0.3) is 0 Å². The van der Waals surface area contributed by atoms with E-state index in [1.807, 2.05) is 0 Å². The summed E-state index contributed by atoms with van der Waals surface area (Å²) < 4.78 is 39.4. The second-order valence-electron chi connectivity index (χ2n) is 15.0. The highest BCUT2D eigenvalue weighted by molar-refractivity contribution is 5.05. The molecule has 0 amide bonds. The molecular weight excluding hydrogens is 766 g/mol. The van der Waals surface area contributed by atoms with Gasteiger partial charge in [-0.3, -0.25) is 0 Å². The van der Waals surface area contributed by atoms with E-state index in [1.165, 1.54) is 13.8 Å². The van der Waals surface area contributed by atoms with Crippen LogP contribution in [0.1, 0.15) is 13.8 Å². The maximum Gasteiger partial charge on any atom is 0.187 e. The number of nitrogens with one attached hydrogen (secondary N) is 1. The van der Waals surface area contributed by atoms with Gasteiger partial charge in [0.2, 0.25) is 0 Å². The van der Waals surface area contributed by atoms with Crippen LogP contribution in [-0.4, -0.2) is 261 Å². The Balaban J connectivity index is 1.22. The van der Waals surface area contributed by atoms with Crippen LogP contribution in [0.3, 0.4) is 0 Å². The van der Waals surface area contributed by atoms with E-state index >= 15 is 0 Å². The van der Waals surface area contributed by atoms with Crippen LogP contribution in [0, 0.1) is 5.92 Å². The smallest absolute Gasteiger partial charge is 0.187 e. The second-order valence-corrected chi connectivity index (χ2v) is 15.0. The Hall–Kier alpha value is -0.960. The minimum Gasteiger partial charge on any atom is -0.396 e. The Morgan fingerprint density at radius 1 is 0.375 bits per heavy atom. The Morgan fingerprint density at radius 2 is 0.768 bits per heavy atom.